The fraction of sp³-hybridized carbons (Fsp3) is 0.500. The minimum Gasteiger partial charge on any atom is -0.479 e. The summed E-state index contributed by atoms with van der Waals surface area (Å²) in [5, 5.41) is 8.91. The number of aliphatic carboxylic acids is 1. The number of hydrogen-bond acceptors (Lipinski definition) is 2. The largest absolute Gasteiger partial charge is 0.479 e. The van der Waals surface area contributed by atoms with Gasteiger partial charge in [-0.15, -0.1) is 0 Å². The lowest BCUT2D eigenvalue weighted by atomic mass is 9.95. The molecule has 17 heavy (non-hydrogen) atoms. The van der Waals surface area contributed by atoms with Gasteiger partial charge in [-0.2, -0.15) is 0 Å². The zero-order chi connectivity index (χ0) is 13.0. The van der Waals surface area contributed by atoms with Gasteiger partial charge in [0.1, 0.15) is 0 Å². The highest BCUT2D eigenvalue weighted by molar-refractivity contribution is 5.72. The molecule has 1 aromatic carbocycles. The third-order valence-electron chi connectivity index (χ3n) is 3.06. The number of benzene rings is 1. The van der Waals surface area contributed by atoms with Gasteiger partial charge in [0.15, 0.2) is 6.10 Å². The standard InChI is InChI=1S/C14H20O3/c1-9-7-10(2)12(11(3)8-9)5-6-13(17-4)14(15)16/h7-8,13H,5-6H2,1-4H3,(H,15,16). The molecule has 94 valence electrons. The number of methoxy groups -OCH3 is 1. The third kappa shape index (κ3) is 3.56. The van der Waals surface area contributed by atoms with Gasteiger partial charge in [0.25, 0.3) is 0 Å². The predicted molar refractivity (Wildman–Crippen MR) is 67.4 cm³/mol. The molecule has 0 amide bonds. The van der Waals surface area contributed by atoms with Gasteiger partial charge in [-0.1, -0.05) is 17.7 Å². The van der Waals surface area contributed by atoms with Crippen molar-refractivity contribution < 1.29 is 14.6 Å². The maximum Gasteiger partial charge on any atom is 0.332 e. The van der Waals surface area contributed by atoms with E-state index in [-0.39, 0.29) is 0 Å². The quantitative estimate of drug-likeness (QED) is 0.855. The smallest absolute Gasteiger partial charge is 0.332 e. The van der Waals surface area contributed by atoms with Crippen molar-refractivity contribution in [3.63, 3.8) is 0 Å². The lowest BCUT2D eigenvalue weighted by Crippen LogP contribution is -2.23. The van der Waals surface area contributed by atoms with Crippen molar-refractivity contribution in [1.29, 1.82) is 0 Å². The Hall–Kier alpha value is -1.35. The Labute approximate surface area is 102 Å². The second-order valence-corrected chi connectivity index (χ2v) is 4.48. The number of aryl methyl sites for hydroxylation is 3. The Morgan fingerprint density at radius 3 is 2.24 bits per heavy atom. The van der Waals surface area contributed by atoms with Gasteiger partial charge in [0.05, 0.1) is 0 Å². The van der Waals surface area contributed by atoms with Crippen molar-refractivity contribution in [2.45, 2.75) is 39.7 Å². The first kappa shape index (κ1) is 13.7. The first-order valence-electron chi connectivity index (χ1n) is 5.78. The molecule has 0 heterocycles. The number of carbonyl (C=O) groups is 1. The summed E-state index contributed by atoms with van der Waals surface area (Å²) >= 11 is 0. The Kier molecular flexibility index (Phi) is 4.70. The lowest BCUT2D eigenvalue weighted by Gasteiger charge is -2.14. The predicted octanol–water partition coefficient (Wildman–Crippen LogP) is 2.64. The molecule has 3 nitrogen and oxygen atoms in total. The number of ether oxygens (including phenoxy) is 1. The van der Waals surface area contributed by atoms with Crippen molar-refractivity contribution in [3.8, 4) is 0 Å². The molecule has 0 saturated heterocycles. The molecule has 1 aromatic rings. The molecule has 1 N–H and O–H groups in total. The van der Waals surface area contributed by atoms with Gasteiger partial charge in [0, 0.05) is 7.11 Å². The summed E-state index contributed by atoms with van der Waals surface area (Å²) in [6, 6.07) is 4.26. The molecule has 0 spiro atoms. The van der Waals surface area contributed by atoms with Crippen LogP contribution in [0.2, 0.25) is 0 Å². The summed E-state index contributed by atoms with van der Waals surface area (Å²) < 4.78 is 4.94. The van der Waals surface area contributed by atoms with Crippen molar-refractivity contribution in [2.24, 2.45) is 0 Å². The van der Waals surface area contributed by atoms with E-state index in [1.807, 2.05) is 0 Å². The highest BCUT2D eigenvalue weighted by atomic mass is 16.5. The van der Waals surface area contributed by atoms with Gasteiger partial charge < -0.3 is 9.84 Å². The maximum absolute atomic E-state index is 10.9. The molecule has 0 radical (unpaired) electrons. The molecule has 3 heteroatoms. The average molecular weight is 236 g/mol. The molecular formula is C14H20O3. The Bertz CT molecular complexity index is 387. The Balaban J connectivity index is 2.79. The number of carboxylic acid groups (broad SMARTS) is 1. The molecule has 0 aliphatic carbocycles. The number of carboxylic acids is 1. The van der Waals surface area contributed by atoms with Gasteiger partial charge in [-0.3, -0.25) is 0 Å². The second kappa shape index (κ2) is 5.82. The fourth-order valence-electron chi connectivity index (χ4n) is 2.22. The van der Waals surface area contributed by atoms with Crippen LogP contribution in [0.3, 0.4) is 0 Å². The summed E-state index contributed by atoms with van der Waals surface area (Å²) in [7, 11) is 1.44. The first-order valence-corrected chi connectivity index (χ1v) is 5.78. The molecular weight excluding hydrogens is 216 g/mol. The van der Waals surface area contributed by atoms with Crippen molar-refractivity contribution in [1.82, 2.24) is 0 Å². The van der Waals surface area contributed by atoms with Gasteiger partial charge in [-0.25, -0.2) is 4.79 Å². The summed E-state index contributed by atoms with van der Waals surface area (Å²) in [6.07, 6.45) is 0.536. The van der Waals surface area contributed by atoms with E-state index in [0.717, 1.165) is 6.42 Å². The highest BCUT2D eigenvalue weighted by Gasteiger charge is 2.17. The van der Waals surface area contributed by atoms with E-state index in [0.29, 0.717) is 6.42 Å². The number of hydrogen-bond donors (Lipinski definition) is 1. The molecule has 0 fully saturated rings. The Morgan fingerprint density at radius 1 is 1.29 bits per heavy atom. The van der Waals surface area contributed by atoms with Crippen LogP contribution in [0, 0.1) is 20.8 Å². The van der Waals surface area contributed by atoms with Crippen LogP contribution in [-0.4, -0.2) is 24.3 Å². The molecule has 0 aliphatic heterocycles. The van der Waals surface area contributed by atoms with Crippen LogP contribution in [0.1, 0.15) is 28.7 Å². The topological polar surface area (TPSA) is 46.5 Å². The third-order valence-corrected chi connectivity index (χ3v) is 3.06. The van der Waals surface area contributed by atoms with Crippen LogP contribution in [-0.2, 0) is 16.0 Å². The monoisotopic (exact) mass is 236 g/mol. The van der Waals surface area contributed by atoms with Crippen LogP contribution >= 0.6 is 0 Å². The minimum atomic E-state index is -0.894. The van der Waals surface area contributed by atoms with E-state index < -0.39 is 12.1 Å². The van der Waals surface area contributed by atoms with Crippen LogP contribution < -0.4 is 0 Å². The van der Waals surface area contributed by atoms with Crippen molar-refractivity contribution in [2.75, 3.05) is 7.11 Å². The molecule has 1 atom stereocenters. The highest BCUT2D eigenvalue weighted by Crippen LogP contribution is 2.19. The van der Waals surface area contributed by atoms with E-state index >= 15 is 0 Å². The second-order valence-electron chi connectivity index (χ2n) is 4.48. The fourth-order valence-corrected chi connectivity index (χ4v) is 2.22. The Morgan fingerprint density at radius 2 is 1.82 bits per heavy atom. The van der Waals surface area contributed by atoms with Crippen LogP contribution in [0.25, 0.3) is 0 Å². The SMILES string of the molecule is COC(CCc1c(C)cc(C)cc1C)C(=O)O. The lowest BCUT2D eigenvalue weighted by molar-refractivity contribution is -0.148. The van der Waals surface area contributed by atoms with E-state index in [2.05, 4.69) is 32.9 Å². The summed E-state index contributed by atoms with van der Waals surface area (Å²) in [5.41, 5.74) is 4.93. The summed E-state index contributed by atoms with van der Waals surface area (Å²) in [5.74, 6) is -0.894. The summed E-state index contributed by atoms with van der Waals surface area (Å²) in [6.45, 7) is 6.20. The molecule has 0 aromatic heterocycles. The van der Waals surface area contributed by atoms with Gasteiger partial charge in [-0.05, 0) is 50.3 Å². The average Bonchev–Trinajstić information content (AvgIpc) is 2.21. The van der Waals surface area contributed by atoms with Crippen molar-refractivity contribution >= 4 is 5.97 Å². The van der Waals surface area contributed by atoms with E-state index in [1.54, 1.807) is 0 Å². The van der Waals surface area contributed by atoms with Gasteiger partial charge >= 0.3 is 5.97 Å². The molecule has 1 unspecified atom stereocenters. The first-order chi connectivity index (χ1) is 7.95. The minimum absolute atomic E-state index is 0.510. The zero-order valence-corrected chi connectivity index (χ0v) is 10.9. The molecule has 0 bridgehead atoms. The van der Waals surface area contributed by atoms with Crippen molar-refractivity contribution in [3.05, 3.63) is 34.4 Å². The maximum atomic E-state index is 10.9. The number of rotatable bonds is 5. The zero-order valence-electron chi connectivity index (χ0n) is 10.9. The van der Waals surface area contributed by atoms with E-state index in [4.69, 9.17) is 9.84 Å². The normalized spacial score (nSPS) is 12.5. The van der Waals surface area contributed by atoms with Gasteiger partial charge in [0.2, 0.25) is 0 Å². The van der Waals surface area contributed by atoms with Crippen LogP contribution in [0.4, 0.5) is 0 Å². The molecule has 0 aliphatic rings. The molecule has 0 saturated carbocycles. The summed E-state index contributed by atoms with van der Waals surface area (Å²) in [4.78, 5) is 10.9. The van der Waals surface area contributed by atoms with Crippen LogP contribution in [0.5, 0.6) is 0 Å². The van der Waals surface area contributed by atoms with E-state index in [1.165, 1.54) is 29.4 Å². The van der Waals surface area contributed by atoms with E-state index in [9.17, 15) is 4.79 Å². The van der Waals surface area contributed by atoms with Crippen LogP contribution in [0.15, 0.2) is 12.1 Å². The molecule has 1 rings (SSSR count).